The van der Waals surface area contributed by atoms with Crippen LogP contribution in [0.1, 0.15) is 0 Å². The maximum Gasteiger partial charge on any atom is 0.339 e. The average molecular weight is 309 g/mol. The fraction of sp³-hybridized carbons (Fsp3) is 0.0769. The third kappa shape index (κ3) is 3.29. The summed E-state index contributed by atoms with van der Waals surface area (Å²) in [6, 6.07) is 10.7. The van der Waals surface area contributed by atoms with E-state index >= 15 is 0 Å². The van der Waals surface area contributed by atoms with Crippen LogP contribution in [-0.4, -0.2) is 20.5 Å². The number of nitro groups is 1. The van der Waals surface area contributed by atoms with Gasteiger partial charge in [0.05, 0.1) is 12.0 Å². The lowest BCUT2D eigenvalue weighted by Gasteiger charge is -2.10. The van der Waals surface area contributed by atoms with Gasteiger partial charge in [0.2, 0.25) is 0 Å². The van der Waals surface area contributed by atoms with Crippen LogP contribution in [0, 0.1) is 10.1 Å². The molecule has 110 valence electrons. The van der Waals surface area contributed by atoms with Crippen molar-refractivity contribution in [1.29, 1.82) is 0 Å². The van der Waals surface area contributed by atoms with Gasteiger partial charge in [-0.2, -0.15) is 8.42 Å². The zero-order chi connectivity index (χ0) is 15.5. The van der Waals surface area contributed by atoms with E-state index in [-0.39, 0.29) is 22.1 Å². The monoisotopic (exact) mass is 309 g/mol. The number of ether oxygens (including phenoxy) is 1. The van der Waals surface area contributed by atoms with Gasteiger partial charge in [0.1, 0.15) is 4.90 Å². The summed E-state index contributed by atoms with van der Waals surface area (Å²) in [5, 5.41) is 10.5. The Morgan fingerprint density at radius 2 is 1.57 bits per heavy atom. The summed E-state index contributed by atoms with van der Waals surface area (Å²) in [5.74, 6) is 0.307. The lowest BCUT2D eigenvalue weighted by Crippen LogP contribution is -2.10. The highest BCUT2D eigenvalue weighted by Gasteiger charge is 2.19. The second-order valence-electron chi connectivity index (χ2n) is 3.94. The predicted octanol–water partition coefficient (Wildman–Crippen LogP) is 2.37. The summed E-state index contributed by atoms with van der Waals surface area (Å²) in [7, 11) is -2.70. The van der Waals surface area contributed by atoms with E-state index in [4.69, 9.17) is 8.92 Å². The second-order valence-corrected chi connectivity index (χ2v) is 5.49. The van der Waals surface area contributed by atoms with Crippen LogP contribution in [0.25, 0.3) is 0 Å². The highest BCUT2D eigenvalue weighted by Crippen LogP contribution is 2.29. The number of rotatable bonds is 5. The van der Waals surface area contributed by atoms with Crippen LogP contribution in [0.3, 0.4) is 0 Å². The zero-order valence-electron chi connectivity index (χ0n) is 10.9. The number of benzene rings is 2. The van der Waals surface area contributed by atoms with Gasteiger partial charge in [0.25, 0.3) is 5.69 Å². The molecule has 0 bridgehead atoms. The van der Waals surface area contributed by atoms with E-state index in [9.17, 15) is 18.5 Å². The minimum atomic E-state index is -4.09. The molecule has 0 aliphatic heterocycles. The van der Waals surface area contributed by atoms with Crippen LogP contribution in [-0.2, 0) is 10.1 Å². The van der Waals surface area contributed by atoms with E-state index in [1.807, 2.05) is 0 Å². The molecule has 0 fully saturated rings. The standard InChI is InChI=1S/C13H11NO6S/c1-19-12-4-2-3-5-13(12)20-21(17,18)11-8-6-10(7-9-11)14(15)16/h2-9H,1H3. The molecule has 0 radical (unpaired) electrons. The van der Waals surface area contributed by atoms with E-state index in [0.29, 0.717) is 0 Å². The number of hydrogen-bond acceptors (Lipinski definition) is 6. The topological polar surface area (TPSA) is 95.7 Å². The summed E-state index contributed by atoms with van der Waals surface area (Å²) < 4.78 is 34.2. The van der Waals surface area contributed by atoms with Gasteiger partial charge in [-0.25, -0.2) is 0 Å². The van der Waals surface area contributed by atoms with Crippen LogP contribution >= 0.6 is 0 Å². The number of nitrogens with zero attached hydrogens (tertiary/aromatic N) is 1. The Morgan fingerprint density at radius 1 is 1.00 bits per heavy atom. The Labute approximate surface area is 121 Å². The van der Waals surface area contributed by atoms with E-state index in [1.165, 1.54) is 13.2 Å². The van der Waals surface area contributed by atoms with Crippen molar-refractivity contribution in [2.75, 3.05) is 7.11 Å². The minimum absolute atomic E-state index is 0.0401. The first-order valence-electron chi connectivity index (χ1n) is 5.76. The molecule has 2 aromatic rings. The molecule has 2 aromatic carbocycles. The highest BCUT2D eigenvalue weighted by molar-refractivity contribution is 7.87. The number of nitro benzene ring substituents is 1. The molecule has 0 heterocycles. The first-order chi connectivity index (χ1) is 9.94. The first-order valence-corrected chi connectivity index (χ1v) is 7.17. The smallest absolute Gasteiger partial charge is 0.339 e. The summed E-state index contributed by atoms with van der Waals surface area (Å²) >= 11 is 0. The third-order valence-corrected chi connectivity index (χ3v) is 3.85. The number of non-ortho nitro benzene ring substituents is 1. The summed E-state index contributed by atoms with van der Waals surface area (Å²) in [6.45, 7) is 0. The van der Waals surface area contributed by atoms with E-state index in [2.05, 4.69) is 0 Å². The molecule has 0 spiro atoms. The molecular weight excluding hydrogens is 298 g/mol. The van der Waals surface area contributed by atoms with Crippen molar-refractivity contribution < 1.29 is 22.3 Å². The fourth-order valence-electron chi connectivity index (χ4n) is 1.59. The van der Waals surface area contributed by atoms with Gasteiger partial charge in [-0.1, -0.05) is 12.1 Å². The van der Waals surface area contributed by atoms with Gasteiger partial charge in [0.15, 0.2) is 11.5 Å². The number of hydrogen-bond donors (Lipinski definition) is 0. The van der Waals surface area contributed by atoms with Gasteiger partial charge in [-0.05, 0) is 24.3 Å². The molecule has 0 atom stereocenters. The predicted molar refractivity (Wildman–Crippen MR) is 73.9 cm³/mol. The summed E-state index contributed by atoms with van der Waals surface area (Å²) in [6.07, 6.45) is 0. The van der Waals surface area contributed by atoms with Crippen molar-refractivity contribution >= 4 is 15.8 Å². The van der Waals surface area contributed by atoms with Gasteiger partial charge < -0.3 is 8.92 Å². The minimum Gasteiger partial charge on any atom is -0.493 e. The fourth-order valence-corrected chi connectivity index (χ4v) is 2.53. The van der Waals surface area contributed by atoms with Gasteiger partial charge in [-0.15, -0.1) is 0 Å². The molecule has 0 aliphatic rings. The molecule has 0 N–H and O–H groups in total. The van der Waals surface area contributed by atoms with Crippen molar-refractivity contribution in [3.05, 3.63) is 58.6 Å². The molecule has 0 saturated heterocycles. The molecule has 21 heavy (non-hydrogen) atoms. The molecule has 0 amide bonds. The quantitative estimate of drug-likeness (QED) is 0.478. The van der Waals surface area contributed by atoms with Crippen LogP contribution in [0.5, 0.6) is 11.5 Å². The van der Waals surface area contributed by atoms with Crippen LogP contribution in [0.4, 0.5) is 5.69 Å². The molecule has 2 rings (SSSR count). The van der Waals surface area contributed by atoms with Crippen molar-refractivity contribution in [2.45, 2.75) is 4.90 Å². The zero-order valence-corrected chi connectivity index (χ0v) is 11.7. The van der Waals surface area contributed by atoms with E-state index < -0.39 is 15.0 Å². The second kappa shape index (κ2) is 5.80. The Hall–Kier alpha value is -2.61. The Bertz CT molecular complexity index is 754. The molecule has 0 aliphatic carbocycles. The van der Waals surface area contributed by atoms with Crippen molar-refractivity contribution in [2.24, 2.45) is 0 Å². The first kappa shape index (κ1) is 14.8. The van der Waals surface area contributed by atoms with Crippen LogP contribution < -0.4 is 8.92 Å². The van der Waals surface area contributed by atoms with Crippen molar-refractivity contribution in [1.82, 2.24) is 0 Å². The average Bonchev–Trinajstić information content (AvgIpc) is 2.47. The molecule has 0 aromatic heterocycles. The summed E-state index contributed by atoms with van der Waals surface area (Å²) in [4.78, 5) is 9.75. The van der Waals surface area contributed by atoms with Gasteiger partial charge in [0, 0.05) is 12.1 Å². The summed E-state index contributed by atoms with van der Waals surface area (Å²) in [5.41, 5.74) is -0.203. The van der Waals surface area contributed by atoms with Gasteiger partial charge in [-0.3, -0.25) is 10.1 Å². The number of methoxy groups -OCH3 is 1. The van der Waals surface area contributed by atoms with E-state index in [0.717, 1.165) is 24.3 Å². The van der Waals surface area contributed by atoms with Crippen LogP contribution in [0.2, 0.25) is 0 Å². The molecule has 0 saturated carbocycles. The highest BCUT2D eigenvalue weighted by atomic mass is 32.2. The van der Waals surface area contributed by atoms with Crippen molar-refractivity contribution in [3.63, 3.8) is 0 Å². The number of para-hydroxylation sites is 2. The maximum absolute atomic E-state index is 12.1. The SMILES string of the molecule is COc1ccccc1OS(=O)(=O)c1ccc([N+](=O)[O-])cc1. The molecule has 8 heteroatoms. The maximum atomic E-state index is 12.1. The molecule has 0 unspecified atom stereocenters. The lowest BCUT2D eigenvalue weighted by atomic mass is 10.3. The lowest BCUT2D eigenvalue weighted by molar-refractivity contribution is -0.384. The van der Waals surface area contributed by atoms with E-state index in [1.54, 1.807) is 18.2 Å². The Balaban J connectivity index is 2.32. The van der Waals surface area contributed by atoms with Crippen molar-refractivity contribution in [3.8, 4) is 11.5 Å². The third-order valence-electron chi connectivity index (χ3n) is 2.60. The molecule has 7 nitrogen and oxygen atoms in total. The normalized spacial score (nSPS) is 10.9. The molecular formula is C13H11NO6S. The van der Waals surface area contributed by atoms with Crippen LogP contribution in [0.15, 0.2) is 53.4 Å². The largest absolute Gasteiger partial charge is 0.493 e. The Kier molecular flexibility index (Phi) is 4.08. The van der Waals surface area contributed by atoms with Gasteiger partial charge >= 0.3 is 10.1 Å². The Morgan fingerprint density at radius 3 is 2.10 bits per heavy atom.